The molecule has 4 nitrogen and oxygen atoms in total. The number of hydrogen-bond donors (Lipinski definition) is 3. The lowest BCUT2D eigenvalue weighted by atomic mass is 10.1. The maximum absolute atomic E-state index is 12.0. The van der Waals surface area contributed by atoms with Crippen molar-refractivity contribution >= 4 is 11.6 Å². The van der Waals surface area contributed by atoms with E-state index in [2.05, 4.69) is 5.32 Å². The van der Waals surface area contributed by atoms with Gasteiger partial charge in [0.05, 0.1) is 0 Å². The van der Waals surface area contributed by atoms with Gasteiger partial charge in [0.2, 0.25) is 0 Å². The number of nitrogens with two attached hydrogens (primary N) is 1. The lowest BCUT2D eigenvalue weighted by molar-refractivity contribution is 0.0954. The first-order valence-corrected chi connectivity index (χ1v) is 6.48. The first kappa shape index (κ1) is 13.9. The van der Waals surface area contributed by atoms with E-state index in [0.717, 1.165) is 11.1 Å². The highest BCUT2D eigenvalue weighted by Crippen LogP contribution is 2.12. The number of amides is 1. The Labute approximate surface area is 118 Å². The van der Waals surface area contributed by atoms with Gasteiger partial charge in [-0.05, 0) is 54.8 Å². The summed E-state index contributed by atoms with van der Waals surface area (Å²) >= 11 is 0. The van der Waals surface area contributed by atoms with Gasteiger partial charge < -0.3 is 16.2 Å². The molecule has 2 aromatic rings. The van der Waals surface area contributed by atoms with Crippen LogP contribution in [0.1, 0.15) is 21.5 Å². The fourth-order valence-corrected chi connectivity index (χ4v) is 2.03. The molecule has 0 aromatic heterocycles. The molecule has 0 bridgehead atoms. The van der Waals surface area contributed by atoms with Gasteiger partial charge in [-0.2, -0.15) is 0 Å². The van der Waals surface area contributed by atoms with Crippen molar-refractivity contribution in [3.8, 4) is 5.75 Å². The van der Waals surface area contributed by atoms with Crippen LogP contribution in [0.25, 0.3) is 0 Å². The third-order valence-corrected chi connectivity index (χ3v) is 3.00. The summed E-state index contributed by atoms with van der Waals surface area (Å²) in [5, 5.41) is 12.0. The molecule has 4 heteroatoms. The van der Waals surface area contributed by atoms with Crippen molar-refractivity contribution in [3.63, 3.8) is 0 Å². The number of hydrogen-bond acceptors (Lipinski definition) is 3. The molecule has 20 heavy (non-hydrogen) atoms. The van der Waals surface area contributed by atoms with Crippen molar-refractivity contribution in [2.75, 3.05) is 12.3 Å². The summed E-state index contributed by atoms with van der Waals surface area (Å²) in [5.41, 5.74) is 8.92. The van der Waals surface area contributed by atoms with Crippen LogP contribution >= 0.6 is 0 Å². The van der Waals surface area contributed by atoms with Gasteiger partial charge in [0.25, 0.3) is 5.91 Å². The average molecular weight is 270 g/mol. The third kappa shape index (κ3) is 3.75. The number of anilines is 1. The highest BCUT2D eigenvalue weighted by Gasteiger charge is 2.06. The number of benzene rings is 2. The average Bonchev–Trinajstić information content (AvgIpc) is 2.40. The molecule has 0 fully saturated rings. The fourth-order valence-electron chi connectivity index (χ4n) is 2.03. The largest absolute Gasteiger partial charge is 0.508 e. The topological polar surface area (TPSA) is 75.4 Å². The summed E-state index contributed by atoms with van der Waals surface area (Å²) in [4.78, 5) is 12.0. The molecule has 1 amide bonds. The van der Waals surface area contributed by atoms with Crippen LogP contribution in [0.15, 0.2) is 42.5 Å². The smallest absolute Gasteiger partial charge is 0.251 e. The molecule has 0 saturated carbocycles. The second-order valence-electron chi connectivity index (χ2n) is 4.80. The molecule has 0 saturated heterocycles. The number of phenolic OH excluding ortho intramolecular Hbond substituents is 1. The van der Waals surface area contributed by atoms with Crippen molar-refractivity contribution in [1.29, 1.82) is 0 Å². The van der Waals surface area contributed by atoms with E-state index in [1.165, 1.54) is 0 Å². The number of carbonyl (C=O) groups is 1. The Hall–Kier alpha value is -2.49. The molecule has 104 valence electrons. The molecule has 2 aromatic carbocycles. The maximum atomic E-state index is 12.0. The minimum atomic E-state index is -0.126. The molecule has 0 aliphatic carbocycles. The zero-order chi connectivity index (χ0) is 14.5. The van der Waals surface area contributed by atoms with Crippen LogP contribution in [0.5, 0.6) is 5.75 Å². The second-order valence-corrected chi connectivity index (χ2v) is 4.80. The third-order valence-electron chi connectivity index (χ3n) is 3.00. The summed E-state index contributed by atoms with van der Waals surface area (Å²) in [6, 6.07) is 12.3. The Bertz CT molecular complexity index is 586. The van der Waals surface area contributed by atoms with Crippen LogP contribution in [0.3, 0.4) is 0 Å². The van der Waals surface area contributed by atoms with E-state index < -0.39 is 0 Å². The molecular formula is C16H18N2O2. The number of carbonyl (C=O) groups excluding carboxylic acids is 1. The summed E-state index contributed by atoms with van der Waals surface area (Å²) in [5.74, 6) is 0.118. The zero-order valence-electron chi connectivity index (χ0n) is 11.4. The summed E-state index contributed by atoms with van der Waals surface area (Å²) in [6.07, 6.45) is 0.716. The number of phenols is 1. The molecule has 0 radical (unpaired) electrons. The predicted molar refractivity (Wildman–Crippen MR) is 79.7 cm³/mol. The standard InChI is InChI=1S/C16H18N2O2/c1-11-8-13(10-14(17)9-11)16(20)18-7-6-12-2-4-15(19)5-3-12/h2-5,8-10,19H,6-7,17H2,1H3,(H,18,20). The SMILES string of the molecule is Cc1cc(N)cc(C(=O)NCCc2ccc(O)cc2)c1. The molecule has 0 atom stereocenters. The van der Waals surface area contributed by atoms with Gasteiger partial charge in [-0.1, -0.05) is 12.1 Å². The lowest BCUT2D eigenvalue weighted by Crippen LogP contribution is -2.25. The lowest BCUT2D eigenvalue weighted by Gasteiger charge is -2.07. The van der Waals surface area contributed by atoms with Crippen LogP contribution in [-0.4, -0.2) is 17.6 Å². The van der Waals surface area contributed by atoms with E-state index in [4.69, 9.17) is 5.73 Å². The Kier molecular flexibility index (Phi) is 4.25. The number of nitrogens with one attached hydrogen (secondary N) is 1. The minimum Gasteiger partial charge on any atom is -0.508 e. The van der Waals surface area contributed by atoms with E-state index in [-0.39, 0.29) is 11.7 Å². The highest BCUT2D eigenvalue weighted by molar-refractivity contribution is 5.95. The van der Waals surface area contributed by atoms with Crippen LogP contribution in [-0.2, 0) is 6.42 Å². The Morgan fingerprint density at radius 1 is 1.20 bits per heavy atom. The molecule has 0 heterocycles. The van der Waals surface area contributed by atoms with Crippen molar-refractivity contribution < 1.29 is 9.90 Å². The molecule has 0 unspecified atom stereocenters. The molecule has 2 rings (SSSR count). The predicted octanol–water partition coefficient (Wildman–Crippen LogP) is 2.26. The number of aryl methyl sites for hydroxylation is 1. The quantitative estimate of drug-likeness (QED) is 0.746. The number of nitrogen functional groups attached to an aromatic ring is 1. The Morgan fingerprint density at radius 3 is 2.55 bits per heavy atom. The van der Waals surface area contributed by atoms with E-state index >= 15 is 0 Å². The van der Waals surface area contributed by atoms with Crippen molar-refractivity contribution in [3.05, 3.63) is 59.2 Å². The van der Waals surface area contributed by atoms with Gasteiger partial charge in [0, 0.05) is 17.8 Å². The van der Waals surface area contributed by atoms with E-state index in [9.17, 15) is 9.90 Å². The summed E-state index contributed by atoms with van der Waals surface area (Å²) in [6.45, 7) is 2.45. The van der Waals surface area contributed by atoms with Gasteiger partial charge in [0.15, 0.2) is 0 Å². The van der Waals surface area contributed by atoms with Crippen LogP contribution in [0.2, 0.25) is 0 Å². The van der Waals surface area contributed by atoms with Gasteiger partial charge in [0.1, 0.15) is 5.75 Å². The highest BCUT2D eigenvalue weighted by atomic mass is 16.3. The van der Waals surface area contributed by atoms with E-state index in [1.807, 2.05) is 31.2 Å². The normalized spacial score (nSPS) is 10.2. The van der Waals surface area contributed by atoms with Crippen LogP contribution in [0, 0.1) is 6.92 Å². The summed E-state index contributed by atoms with van der Waals surface area (Å²) in [7, 11) is 0. The second kappa shape index (κ2) is 6.10. The Balaban J connectivity index is 1.90. The first-order valence-electron chi connectivity index (χ1n) is 6.48. The molecule has 0 aliphatic heterocycles. The molecule has 0 spiro atoms. The molecule has 0 aliphatic rings. The van der Waals surface area contributed by atoms with Gasteiger partial charge in [-0.15, -0.1) is 0 Å². The monoisotopic (exact) mass is 270 g/mol. The first-order chi connectivity index (χ1) is 9.54. The number of rotatable bonds is 4. The zero-order valence-corrected chi connectivity index (χ0v) is 11.4. The maximum Gasteiger partial charge on any atom is 0.251 e. The summed E-state index contributed by atoms with van der Waals surface area (Å²) < 4.78 is 0. The van der Waals surface area contributed by atoms with Gasteiger partial charge in [-0.3, -0.25) is 4.79 Å². The fraction of sp³-hybridized carbons (Fsp3) is 0.188. The Morgan fingerprint density at radius 2 is 1.90 bits per heavy atom. The van der Waals surface area contributed by atoms with Gasteiger partial charge in [-0.25, -0.2) is 0 Å². The van der Waals surface area contributed by atoms with Gasteiger partial charge >= 0.3 is 0 Å². The van der Waals surface area contributed by atoms with E-state index in [1.54, 1.807) is 18.2 Å². The van der Waals surface area contributed by atoms with Crippen LogP contribution < -0.4 is 11.1 Å². The molecular weight excluding hydrogens is 252 g/mol. The van der Waals surface area contributed by atoms with Crippen molar-refractivity contribution in [2.24, 2.45) is 0 Å². The van der Waals surface area contributed by atoms with Crippen LogP contribution in [0.4, 0.5) is 5.69 Å². The molecule has 4 N–H and O–H groups in total. The number of aromatic hydroxyl groups is 1. The van der Waals surface area contributed by atoms with Crippen molar-refractivity contribution in [2.45, 2.75) is 13.3 Å². The minimum absolute atomic E-state index is 0.126. The van der Waals surface area contributed by atoms with E-state index in [0.29, 0.717) is 24.2 Å². The van der Waals surface area contributed by atoms with Crippen molar-refractivity contribution in [1.82, 2.24) is 5.32 Å².